The monoisotopic (exact) mass is 812 g/mol. The zero-order valence-corrected chi connectivity index (χ0v) is 35.2. The molecule has 0 bridgehead atoms. The Morgan fingerprint density at radius 1 is 1.03 bits per heavy atom. The van der Waals surface area contributed by atoms with Gasteiger partial charge in [0, 0.05) is 62.1 Å². The zero-order chi connectivity index (χ0) is 41.6. The molecule has 1 unspecified atom stereocenters. The number of carbonyl (C=O) groups is 4. The van der Waals surface area contributed by atoms with Gasteiger partial charge in [0.05, 0.1) is 29.9 Å². The Morgan fingerprint density at radius 3 is 2.47 bits per heavy atom. The highest BCUT2D eigenvalue weighted by molar-refractivity contribution is 7.91. The number of benzene rings is 2. The molecule has 3 heterocycles. The second kappa shape index (κ2) is 16.1. The fourth-order valence-electron chi connectivity index (χ4n) is 8.86. The van der Waals surface area contributed by atoms with Crippen LogP contribution in [0.4, 0.5) is 5.69 Å². The number of hydrogen-bond acceptors (Lipinski definition) is 10. The van der Waals surface area contributed by atoms with Gasteiger partial charge in [0.2, 0.25) is 27.7 Å². The van der Waals surface area contributed by atoms with Gasteiger partial charge in [0.1, 0.15) is 11.9 Å². The number of ether oxygens (including phenoxy) is 2. The third-order valence-electron chi connectivity index (χ3n) is 13.1. The Kier molecular flexibility index (Phi) is 11.5. The molecule has 310 valence electrons. The summed E-state index contributed by atoms with van der Waals surface area (Å²) in [5, 5.41) is 1.59. The van der Waals surface area contributed by atoms with E-state index in [9.17, 15) is 22.8 Å². The first-order valence-corrected chi connectivity index (χ1v) is 22.0. The number of nitrogens with one attached hydrogen (secondary N) is 1. The van der Waals surface area contributed by atoms with Gasteiger partial charge < -0.3 is 19.3 Å². The zero-order valence-electron chi connectivity index (χ0n) is 34.4. The van der Waals surface area contributed by atoms with Crippen LogP contribution in [0.1, 0.15) is 88.9 Å². The third-order valence-corrected chi connectivity index (χ3v) is 15.3. The van der Waals surface area contributed by atoms with Crippen LogP contribution in [-0.2, 0) is 24.4 Å². The molecule has 2 saturated carbocycles. The molecule has 1 N–H and O–H groups in total. The molecule has 4 aliphatic rings. The molecule has 2 aromatic carbocycles. The van der Waals surface area contributed by atoms with Crippen molar-refractivity contribution in [2.75, 3.05) is 32.6 Å². The average molecular weight is 813 g/mol. The van der Waals surface area contributed by atoms with Crippen LogP contribution >= 0.6 is 0 Å². The number of sulfonamides is 1. The second-order valence-corrected chi connectivity index (χ2v) is 19.9. The van der Waals surface area contributed by atoms with Crippen LogP contribution in [0.25, 0.3) is 10.8 Å². The number of amides is 2. The van der Waals surface area contributed by atoms with Crippen molar-refractivity contribution in [3.8, 4) is 11.6 Å². The number of pyridine rings is 1. The summed E-state index contributed by atoms with van der Waals surface area (Å²) in [7, 11) is 1.50. The van der Waals surface area contributed by atoms with Gasteiger partial charge in [-0.25, -0.2) is 13.4 Å². The van der Waals surface area contributed by atoms with Gasteiger partial charge in [0.25, 0.3) is 0 Å². The SMILES string of the molecule is COc1ccc2c(O[C@@H]3CC4C(=O)C[C@]5(C(=O)NS(=O)(=O)C6(C)CC6)C[C@H]5/C=C\CC[C@H](C)C[C@@H](C)[C@H](CC(=O)c5ccc(N(C)C)cc5)C(=O)N4C3)nccc2c1. The highest BCUT2D eigenvalue weighted by Gasteiger charge is 2.62. The van der Waals surface area contributed by atoms with E-state index in [0.717, 1.165) is 29.3 Å². The summed E-state index contributed by atoms with van der Waals surface area (Å²) in [6, 6.07) is 13.8. The van der Waals surface area contributed by atoms with Gasteiger partial charge in [-0.1, -0.05) is 26.0 Å². The molecule has 1 saturated heterocycles. The van der Waals surface area contributed by atoms with Gasteiger partial charge >= 0.3 is 0 Å². The first-order chi connectivity index (χ1) is 27.5. The van der Waals surface area contributed by atoms with E-state index >= 15 is 4.79 Å². The molecular formula is C45H56N4O8S. The number of hydrogen-bond donors (Lipinski definition) is 1. The Morgan fingerprint density at radius 2 is 1.78 bits per heavy atom. The van der Waals surface area contributed by atoms with E-state index in [-0.39, 0.29) is 61.0 Å². The molecule has 7 rings (SSSR count). The van der Waals surface area contributed by atoms with Gasteiger partial charge in [0.15, 0.2) is 11.6 Å². The maximum absolute atomic E-state index is 15.1. The van der Waals surface area contributed by atoms with Crippen LogP contribution < -0.4 is 19.1 Å². The number of nitrogens with zero attached hydrogens (tertiary/aromatic N) is 3. The van der Waals surface area contributed by atoms with Crippen LogP contribution in [0.2, 0.25) is 0 Å². The van der Waals surface area contributed by atoms with Crippen molar-refractivity contribution >= 4 is 49.9 Å². The lowest BCUT2D eigenvalue weighted by atomic mass is 9.80. The van der Waals surface area contributed by atoms with E-state index < -0.39 is 44.2 Å². The maximum atomic E-state index is 15.1. The standard InChI is InChI=1S/C45H56N4O8S/c1-28-9-7-8-10-32-25-45(32,43(53)47-58(54,55)44(3)18-19-44)26-40(51)38-23-35(57-41-36-16-15-34(56-6)22-31(36)17-20-46-41)27-49(38)42(52)37(29(2)21-28)24-39(50)30-11-13-33(14-12-30)48(4)5/h8,10-17,20,22,28-29,32,35,37-38H,7,9,18-19,21,23-27H2,1-6H3,(H,47,53)/b10-8-/t28-,29+,32+,35+,37-,38?,45+/m0/s1. The lowest BCUT2D eigenvalue weighted by molar-refractivity contribution is -0.143. The molecular weight excluding hydrogens is 757 g/mol. The van der Waals surface area contributed by atoms with Crippen LogP contribution in [0, 0.1) is 29.1 Å². The minimum atomic E-state index is -3.95. The first-order valence-electron chi connectivity index (χ1n) is 20.5. The van der Waals surface area contributed by atoms with Crippen LogP contribution in [-0.4, -0.2) is 86.3 Å². The van der Waals surface area contributed by atoms with Crippen molar-refractivity contribution < 1.29 is 37.1 Å². The van der Waals surface area contributed by atoms with Gasteiger partial charge in [-0.05, 0) is 117 Å². The van der Waals surface area contributed by atoms with E-state index in [1.807, 2.05) is 74.5 Å². The van der Waals surface area contributed by atoms with Gasteiger partial charge in [-0.3, -0.25) is 23.9 Å². The Labute approximate surface area is 341 Å². The summed E-state index contributed by atoms with van der Waals surface area (Å²) in [4.78, 5) is 65.9. The second-order valence-electron chi connectivity index (χ2n) is 17.7. The lowest BCUT2D eigenvalue weighted by Crippen LogP contribution is -2.48. The molecule has 7 atom stereocenters. The number of anilines is 1. The fourth-order valence-corrected chi connectivity index (χ4v) is 10.2. The van der Waals surface area contributed by atoms with E-state index in [1.54, 1.807) is 37.3 Å². The predicted molar refractivity (Wildman–Crippen MR) is 222 cm³/mol. The molecule has 3 fully saturated rings. The molecule has 1 aromatic heterocycles. The number of rotatable bonds is 10. The third kappa shape index (κ3) is 8.37. The molecule has 58 heavy (non-hydrogen) atoms. The van der Waals surface area contributed by atoms with E-state index in [1.165, 1.54) is 0 Å². The minimum absolute atomic E-state index is 0.0331. The van der Waals surface area contributed by atoms with Crippen molar-refractivity contribution in [3.05, 3.63) is 72.4 Å². The molecule has 0 radical (unpaired) electrons. The van der Waals surface area contributed by atoms with Crippen LogP contribution in [0.15, 0.2) is 66.9 Å². The first kappa shape index (κ1) is 41.4. The smallest absolute Gasteiger partial charge is 0.240 e. The molecule has 0 spiro atoms. The summed E-state index contributed by atoms with van der Waals surface area (Å²) in [5.41, 5.74) is 0.199. The summed E-state index contributed by atoms with van der Waals surface area (Å²) < 4.78 is 39.9. The molecule has 2 amide bonds. The van der Waals surface area contributed by atoms with Crippen molar-refractivity contribution in [1.29, 1.82) is 0 Å². The van der Waals surface area contributed by atoms with Crippen molar-refractivity contribution in [1.82, 2.24) is 14.6 Å². The van der Waals surface area contributed by atoms with Crippen LogP contribution in [0.3, 0.4) is 0 Å². The highest BCUT2D eigenvalue weighted by Crippen LogP contribution is 2.57. The van der Waals surface area contributed by atoms with Crippen molar-refractivity contribution in [3.63, 3.8) is 0 Å². The number of fused-ring (bicyclic) bond motifs is 3. The Hall–Kier alpha value is -4.78. The van der Waals surface area contributed by atoms with E-state index in [2.05, 4.69) is 16.6 Å². The summed E-state index contributed by atoms with van der Waals surface area (Å²) in [5.74, 6) is -1.46. The summed E-state index contributed by atoms with van der Waals surface area (Å²) >= 11 is 0. The van der Waals surface area contributed by atoms with Crippen molar-refractivity contribution in [2.24, 2.45) is 29.1 Å². The Balaban J connectivity index is 1.23. The number of carbonyl (C=O) groups excluding carboxylic acids is 4. The van der Waals surface area contributed by atoms with E-state index in [4.69, 9.17) is 9.47 Å². The minimum Gasteiger partial charge on any atom is -0.497 e. The quantitative estimate of drug-likeness (QED) is 0.177. The van der Waals surface area contributed by atoms with Gasteiger partial charge in [-0.15, -0.1) is 0 Å². The molecule has 13 heteroatoms. The summed E-state index contributed by atoms with van der Waals surface area (Å²) in [6.45, 7) is 5.85. The molecule has 2 aliphatic carbocycles. The average Bonchev–Trinajstić information content (AvgIpc) is 4.08. The number of allylic oxidation sites excluding steroid dienone is 2. The van der Waals surface area contributed by atoms with Gasteiger partial charge in [-0.2, -0.15) is 0 Å². The topological polar surface area (TPSA) is 152 Å². The van der Waals surface area contributed by atoms with E-state index in [0.29, 0.717) is 42.9 Å². The number of methoxy groups -OCH3 is 1. The fraction of sp³-hybridized carbons (Fsp3) is 0.533. The maximum Gasteiger partial charge on any atom is 0.240 e. The molecule has 12 nitrogen and oxygen atoms in total. The largest absolute Gasteiger partial charge is 0.497 e. The summed E-state index contributed by atoms with van der Waals surface area (Å²) in [6.07, 6.45) is 8.38. The normalized spacial score (nSPS) is 29.0. The number of ketones is 2. The number of aromatic nitrogens is 1. The molecule has 2 aliphatic heterocycles. The van der Waals surface area contributed by atoms with Crippen LogP contribution in [0.5, 0.6) is 11.6 Å². The molecule has 3 aromatic rings. The number of Topliss-reactive ketones (excluding diaryl/α,β-unsaturated/α-hetero) is 2. The predicted octanol–water partition coefficient (Wildman–Crippen LogP) is 6.52. The van der Waals surface area contributed by atoms with Crippen molar-refractivity contribution in [2.45, 2.75) is 95.5 Å². The Bertz CT molecular complexity index is 2220. The highest BCUT2D eigenvalue weighted by atomic mass is 32.2. The lowest BCUT2D eigenvalue weighted by Gasteiger charge is -2.32.